The molecule has 2 N–H and O–H groups in total. The number of hydrogen-bond acceptors (Lipinski definition) is 5. The van der Waals surface area contributed by atoms with Crippen LogP contribution in [-0.4, -0.2) is 61.2 Å². The molecule has 0 saturated carbocycles. The van der Waals surface area contributed by atoms with Crippen molar-refractivity contribution >= 4 is 0 Å². The topological polar surface area (TPSA) is 50.2 Å². The molecular formula is C27H51N3O2. The van der Waals surface area contributed by atoms with E-state index in [-0.39, 0.29) is 11.5 Å². The molecule has 0 radical (unpaired) electrons. The van der Waals surface area contributed by atoms with Gasteiger partial charge < -0.3 is 10.2 Å². The number of rotatable bonds is 12. The molecule has 0 atom stereocenters. The van der Waals surface area contributed by atoms with Crippen LogP contribution in [0, 0.1) is 0 Å². The van der Waals surface area contributed by atoms with Gasteiger partial charge in [0.25, 0.3) is 0 Å². The highest BCUT2D eigenvalue weighted by Crippen LogP contribution is 2.38. The highest BCUT2D eigenvalue weighted by molar-refractivity contribution is 5.53. The van der Waals surface area contributed by atoms with Crippen LogP contribution in [0.5, 0.6) is 11.5 Å². The van der Waals surface area contributed by atoms with Crippen molar-refractivity contribution in [1.82, 2.24) is 14.7 Å². The Morgan fingerprint density at radius 1 is 0.500 bits per heavy atom. The van der Waals surface area contributed by atoms with E-state index in [1.54, 1.807) is 0 Å². The maximum atomic E-state index is 11.3. The Morgan fingerprint density at radius 2 is 0.750 bits per heavy atom. The highest BCUT2D eigenvalue weighted by atomic mass is 16.3. The lowest BCUT2D eigenvalue weighted by Crippen LogP contribution is -2.38. The summed E-state index contributed by atoms with van der Waals surface area (Å²) in [7, 11) is 0. The predicted octanol–water partition coefficient (Wildman–Crippen LogP) is 5.95. The summed E-state index contributed by atoms with van der Waals surface area (Å²) in [5, 5.41) is 22.7. The van der Waals surface area contributed by atoms with E-state index in [0.29, 0.717) is 61.4 Å². The quantitative estimate of drug-likeness (QED) is 0.413. The lowest BCUT2D eigenvalue weighted by Gasteiger charge is -2.34. The van der Waals surface area contributed by atoms with Crippen LogP contribution >= 0.6 is 0 Å². The van der Waals surface area contributed by atoms with Gasteiger partial charge in [0.15, 0.2) is 0 Å². The van der Waals surface area contributed by atoms with Crippen LogP contribution in [0.1, 0.15) is 99.8 Å². The molecule has 0 aliphatic rings. The van der Waals surface area contributed by atoms with Gasteiger partial charge in [-0.15, -0.1) is 0 Å². The molecular weight excluding hydrogens is 398 g/mol. The molecule has 0 unspecified atom stereocenters. The summed E-state index contributed by atoms with van der Waals surface area (Å²) < 4.78 is 0. The van der Waals surface area contributed by atoms with Gasteiger partial charge in [0, 0.05) is 67.0 Å². The number of benzene rings is 1. The monoisotopic (exact) mass is 449 g/mol. The maximum Gasteiger partial charge on any atom is 0.128 e. The summed E-state index contributed by atoms with van der Waals surface area (Å²) in [4.78, 5) is 7.07. The first-order chi connectivity index (χ1) is 14.7. The van der Waals surface area contributed by atoms with Crippen LogP contribution in [0.15, 0.2) is 6.07 Å². The molecule has 1 aromatic rings. The SMILES string of the molecule is CC(C)N(Cc1cc(CN(C(C)C)C(C)C)c(O)c(CN(C(C)C)C(C)C)c1O)C(C)C. The lowest BCUT2D eigenvalue weighted by molar-refractivity contribution is 0.154. The third-order valence-electron chi connectivity index (χ3n) is 6.55. The second kappa shape index (κ2) is 12.2. The first kappa shape index (κ1) is 28.7. The van der Waals surface area contributed by atoms with Crippen molar-refractivity contribution in [3.8, 4) is 11.5 Å². The summed E-state index contributed by atoms with van der Waals surface area (Å²) in [6, 6.07) is 4.10. The third kappa shape index (κ3) is 7.36. The Kier molecular flexibility index (Phi) is 11.0. The zero-order chi connectivity index (χ0) is 24.9. The lowest BCUT2D eigenvalue weighted by atomic mass is 9.98. The van der Waals surface area contributed by atoms with E-state index in [9.17, 15) is 10.2 Å². The molecule has 5 heteroatoms. The smallest absolute Gasteiger partial charge is 0.128 e. The first-order valence-electron chi connectivity index (χ1n) is 12.5. The van der Waals surface area contributed by atoms with E-state index in [2.05, 4.69) is 97.8 Å². The minimum atomic E-state index is 0.240. The average Bonchev–Trinajstić information content (AvgIpc) is 2.64. The molecule has 0 bridgehead atoms. The molecule has 32 heavy (non-hydrogen) atoms. The molecule has 5 nitrogen and oxygen atoms in total. The van der Waals surface area contributed by atoms with Gasteiger partial charge in [-0.25, -0.2) is 0 Å². The Balaban J connectivity index is 3.61. The van der Waals surface area contributed by atoms with Gasteiger partial charge in [-0.05, 0) is 89.2 Å². The fraction of sp³-hybridized carbons (Fsp3) is 0.778. The fourth-order valence-electron chi connectivity index (χ4n) is 4.70. The number of nitrogens with zero attached hydrogens (tertiary/aromatic N) is 3. The average molecular weight is 450 g/mol. The van der Waals surface area contributed by atoms with Crippen LogP contribution < -0.4 is 0 Å². The van der Waals surface area contributed by atoms with Gasteiger partial charge in [-0.3, -0.25) is 14.7 Å². The molecule has 0 heterocycles. The summed E-state index contributed by atoms with van der Waals surface area (Å²) in [6.07, 6.45) is 0. The zero-order valence-corrected chi connectivity index (χ0v) is 22.9. The van der Waals surface area contributed by atoms with Crippen molar-refractivity contribution in [2.24, 2.45) is 0 Å². The van der Waals surface area contributed by atoms with Crippen LogP contribution in [0.25, 0.3) is 0 Å². The third-order valence-corrected chi connectivity index (χ3v) is 6.55. The van der Waals surface area contributed by atoms with Gasteiger partial charge in [0.1, 0.15) is 11.5 Å². The summed E-state index contributed by atoms with van der Waals surface area (Å²) in [6.45, 7) is 28.0. The van der Waals surface area contributed by atoms with Crippen molar-refractivity contribution in [1.29, 1.82) is 0 Å². The van der Waals surface area contributed by atoms with E-state index < -0.39 is 0 Å². The molecule has 0 spiro atoms. The fourth-order valence-corrected chi connectivity index (χ4v) is 4.70. The Bertz CT molecular complexity index is 641. The van der Waals surface area contributed by atoms with Gasteiger partial charge in [-0.2, -0.15) is 0 Å². The van der Waals surface area contributed by atoms with E-state index in [1.807, 2.05) is 6.07 Å². The Morgan fingerprint density at radius 3 is 1.00 bits per heavy atom. The van der Waals surface area contributed by atoms with E-state index >= 15 is 0 Å². The minimum absolute atomic E-state index is 0.240. The molecule has 1 aromatic carbocycles. The van der Waals surface area contributed by atoms with Crippen molar-refractivity contribution < 1.29 is 10.2 Å². The predicted molar refractivity (Wildman–Crippen MR) is 137 cm³/mol. The molecule has 0 amide bonds. The largest absolute Gasteiger partial charge is 0.507 e. The first-order valence-corrected chi connectivity index (χ1v) is 12.5. The van der Waals surface area contributed by atoms with Gasteiger partial charge >= 0.3 is 0 Å². The molecule has 1 rings (SSSR count). The van der Waals surface area contributed by atoms with Crippen LogP contribution in [0.2, 0.25) is 0 Å². The molecule has 0 fully saturated rings. The molecule has 0 aliphatic carbocycles. The standard InChI is InChI=1S/C27H51N3O2/c1-17(2)28(18(3)4)14-23-13-24(15-29(19(5)6)20(7)8)27(32)25(26(23)31)16-30(21(9)10)22(11)12/h13,17-22,31-32H,14-16H2,1-12H3. The van der Waals surface area contributed by atoms with Crippen molar-refractivity contribution in [3.63, 3.8) is 0 Å². The number of phenolic OH excluding ortho intramolecular Hbond substituents is 2. The zero-order valence-electron chi connectivity index (χ0n) is 22.9. The molecule has 186 valence electrons. The van der Waals surface area contributed by atoms with Gasteiger partial charge in [0.2, 0.25) is 0 Å². The number of phenols is 2. The van der Waals surface area contributed by atoms with Gasteiger partial charge in [0.05, 0.1) is 5.56 Å². The molecule has 0 aliphatic heterocycles. The molecule has 0 saturated heterocycles. The summed E-state index contributed by atoms with van der Waals surface area (Å²) in [5.41, 5.74) is 2.45. The van der Waals surface area contributed by atoms with Crippen LogP contribution in [-0.2, 0) is 19.6 Å². The number of aromatic hydroxyl groups is 2. The van der Waals surface area contributed by atoms with Crippen molar-refractivity contribution in [2.45, 2.75) is 139 Å². The van der Waals surface area contributed by atoms with Gasteiger partial charge in [-0.1, -0.05) is 0 Å². The normalized spacial score (nSPS) is 13.0. The van der Waals surface area contributed by atoms with Crippen molar-refractivity contribution in [2.75, 3.05) is 0 Å². The molecule has 0 aromatic heterocycles. The van der Waals surface area contributed by atoms with Crippen LogP contribution in [0.4, 0.5) is 0 Å². The minimum Gasteiger partial charge on any atom is -0.507 e. The Labute approximate surface area is 198 Å². The van der Waals surface area contributed by atoms with Crippen molar-refractivity contribution in [3.05, 3.63) is 22.8 Å². The second-order valence-electron chi connectivity index (χ2n) is 11.0. The summed E-state index contributed by atoms with van der Waals surface area (Å²) >= 11 is 0. The van der Waals surface area contributed by atoms with E-state index in [1.165, 1.54) is 0 Å². The maximum absolute atomic E-state index is 11.3. The summed E-state index contributed by atoms with van der Waals surface area (Å²) in [5.74, 6) is 0.481. The highest BCUT2D eigenvalue weighted by Gasteiger charge is 2.26. The second-order valence-corrected chi connectivity index (χ2v) is 11.0. The van der Waals surface area contributed by atoms with Crippen LogP contribution in [0.3, 0.4) is 0 Å². The van der Waals surface area contributed by atoms with E-state index in [4.69, 9.17) is 0 Å². The Hall–Kier alpha value is -1.30. The van der Waals surface area contributed by atoms with E-state index in [0.717, 1.165) is 11.1 Å². The number of hydrogen-bond donors (Lipinski definition) is 2.